The van der Waals surface area contributed by atoms with Gasteiger partial charge in [-0.2, -0.15) is 31.6 Å². The van der Waals surface area contributed by atoms with E-state index in [4.69, 9.17) is 10.00 Å². The smallest absolute Gasteiger partial charge is 0.417 e. The molecule has 1 aliphatic rings. The van der Waals surface area contributed by atoms with Crippen molar-refractivity contribution in [2.24, 2.45) is 0 Å². The van der Waals surface area contributed by atoms with Gasteiger partial charge in [-0.15, -0.1) is 0 Å². The van der Waals surface area contributed by atoms with E-state index < -0.39 is 48.6 Å². The number of nitrogens with zero attached hydrogens (tertiary/aromatic N) is 3. The average Bonchev–Trinajstić information content (AvgIpc) is 3.06. The lowest BCUT2D eigenvalue weighted by Gasteiger charge is -2.30. The van der Waals surface area contributed by atoms with Crippen molar-refractivity contribution in [3.8, 4) is 6.07 Å². The Morgan fingerprint density at radius 3 is 2.28 bits per heavy atom. The van der Waals surface area contributed by atoms with Crippen molar-refractivity contribution < 1.29 is 35.5 Å². The second-order valence-corrected chi connectivity index (χ2v) is 7.07. The summed E-state index contributed by atoms with van der Waals surface area (Å²) in [7, 11) is 1.54. The molecule has 170 valence electrons. The molecule has 0 spiro atoms. The molecule has 1 aliphatic heterocycles. The molecule has 1 unspecified atom stereocenters. The zero-order chi connectivity index (χ0) is 23.7. The van der Waals surface area contributed by atoms with Crippen LogP contribution in [0.5, 0.6) is 0 Å². The Labute approximate surface area is 178 Å². The van der Waals surface area contributed by atoms with Crippen LogP contribution in [0.25, 0.3) is 0 Å². The normalized spacial score (nSPS) is 16.4. The van der Waals surface area contributed by atoms with E-state index in [-0.39, 0.29) is 11.4 Å². The highest BCUT2D eigenvalue weighted by Gasteiger charge is 2.37. The third-order valence-corrected chi connectivity index (χ3v) is 4.81. The molecule has 2 aromatic carbocycles. The van der Waals surface area contributed by atoms with Gasteiger partial charge in [-0.25, -0.2) is 4.39 Å². The zero-order valence-corrected chi connectivity index (χ0v) is 16.5. The molecule has 1 heterocycles. The van der Waals surface area contributed by atoms with Gasteiger partial charge in [-0.05, 0) is 30.3 Å². The molecule has 0 N–H and O–H groups in total. The van der Waals surface area contributed by atoms with Crippen LogP contribution in [0.1, 0.15) is 22.9 Å². The van der Waals surface area contributed by atoms with Crippen LogP contribution in [-0.2, 0) is 10.9 Å². The van der Waals surface area contributed by atoms with Crippen LogP contribution in [0.3, 0.4) is 0 Å². The number of anilines is 1. The molecule has 0 bridgehead atoms. The molecule has 0 aromatic heterocycles. The Bertz CT molecular complexity index is 1040. The van der Waals surface area contributed by atoms with Crippen molar-refractivity contribution in [1.29, 1.82) is 5.26 Å². The lowest BCUT2D eigenvalue weighted by atomic mass is 10.1. The van der Waals surface area contributed by atoms with Crippen LogP contribution < -0.4 is 4.90 Å². The Morgan fingerprint density at radius 2 is 1.72 bits per heavy atom. The van der Waals surface area contributed by atoms with Crippen LogP contribution in [0.15, 0.2) is 54.4 Å². The maximum absolute atomic E-state index is 13.3. The zero-order valence-electron chi connectivity index (χ0n) is 16.5. The van der Waals surface area contributed by atoms with E-state index >= 15 is 0 Å². The SMILES string of the molecule is CN1C(CN(CC(F)(F)F)c2ccc(C#N)c(C(F)(F)F)c2)=COC1c1ccc(F)cc1. The maximum atomic E-state index is 13.3. The Kier molecular flexibility index (Phi) is 6.25. The molecule has 0 aliphatic carbocycles. The van der Waals surface area contributed by atoms with E-state index in [9.17, 15) is 30.7 Å². The van der Waals surface area contributed by atoms with Crippen molar-refractivity contribution in [2.75, 3.05) is 25.0 Å². The van der Waals surface area contributed by atoms with Gasteiger partial charge in [0.05, 0.1) is 29.4 Å². The second-order valence-electron chi connectivity index (χ2n) is 7.07. The predicted octanol–water partition coefficient (Wildman–Crippen LogP) is 5.59. The first-order valence-corrected chi connectivity index (χ1v) is 9.15. The number of ether oxygens (including phenoxy) is 1. The number of likely N-dealkylation sites (N-methyl/N-ethyl adjacent to an activating group) is 1. The minimum Gasteiger partial charge on any atom is -0.472 e. The number of rotatable bonds is 5. The molecule has 3 rings (SSSR count). The summed E-state index contributed by atoms with van der Waals surface area (Å²) >= 11 is 0. The van der Waals surface area contributed by atoms with E-state index in [1.54, 1.807) is 7.05 Å². The minimum atomic E-state index is -4.91. The van der Waals surface area contributed by atoms with Gasteiger partial charge in [0, 0.05) is 18.3 Å². The lowest BCUT2D eigenvalue weighted by molar-refractivity contribution is -0.137. The third kappa shape index (κ3) is 5.25. The molecule has 1 atom stereocenters. The van der Waals surface area contributed by atoms with Crippen molar-refractivity contribution in [3.05, 3.63) is 76.9 Å². The highest BCUT2D eigenvalue weighted by Crippen LogP contribution is 2.36. The van der Waals surface area contributed by atoms with Crippen LogP contribution in [0.2, 0.25) is 0 Å². The fraction of sp³-hybridized carbons (Fsp3) is 0.286. The fourth-order valence-electron chi connectivity index (χ4n) is 3.26. The fourth-order valence-corrected chi connectivity index (χ4v) is 3.26. The Morgan fingerprint density at radius 1 is 1.06 bits per heavy atom. The number of hydrogen-bond acceptors (Lipinski definition) is 4. The monoisotopic (exact) mass is 459 g/mol. The van der Waals surface area contributed by atoms with Crippen LogP contribution in [0, 0.1) is 17.1 Å². The van der Waals surface area contributed by atoms with E-state index in [0.29, 0.717) is 11.6 Å². The molecular weight excluding hydrogens is 443 g/mol. The van der Waals surface area contributed by atoms with Gasteiger partial charge in [0.1, 0.15) is 18.6 Å². The first kappa shape index (κ1) is 23.2. The largest absolute Gasteiger partial charge is 0.472 e. The standard InChI is InChI=1S/C21H16F7N3O/c1-30-17(11-32-19(30)13-2-5-15(22)6-3-13)10-31(12-20(23,24)25)16-7-4-14(9-29)18(8-16)21(26,27)28/h2-8,11,19H,10,12H2,1H3. The first-order valence-electron chi connectivity index (χ1n) is 9.15. The molecule has 4 nitrogen and oxygen atoms in total. The maximum Gasteiger partial charge on any atom is 0.417 e. The molecule has 2 aromatic rings. The quantitative estimate of drug-likeness (QED) is 0.547. The predicted molar refractivity (Wildman–Crippen MR) is 100 cm³/mol. The van der Waals surface area contributed by atoms with Gasteiger partial charge in [-0.1, -0.05) is 12.1 Å². The number of nitriles is 1. The number of hydrogen-bond donors (Lipinski definition) is 0. The van der Waals surface area contributed by atoms with E-state index in [2.05, 4.69) is 0 Å². The van der Waals surface area contributed by atoms with Crippen molar-refractivity contribution >= 4 is 5.69 Å². The highest BCUT2D eigenvalue weighted by molar-refractivity contribution is 5.55. The van der Waals surface area contributed by atoms with Crippen molar-refractivity contribution in [3.63, 3.8) is 0 Å². The third-order valence-electron chi connectivity index (χ3n) is 4.81. The number of halogens is 7. The van der Waals surface area contributed by atoms with E-state index in [1.807, 2.05) is 0 Å². The topological polar surface area (TPSA) is 39.5 Å². The highest BCUT2D eigenvalue weighted by atomic mass is 19.4. The first-order chi connectivity index (χ1) is 14.9. The average molecular weight is 459 g/mol. The summed E-state index contributed by atoms with van der Waals surface area (Å²) in [5.74, 6) is -0.472. The van der Waals surface area contributed by atoms with Gasteiger partial charge in [0.15, 0.2) is 6.23 Å². The Balaban J connectivity index is 1.89. The molecule has 0 saturated carbocycles. The molecule has 0 radical (unpaired) electrons. The van der Waals surface area contributed by atoms with E-state index in [0.717, 1.165) is 17.0 Å². The van der Waals surface area contributed by atoms with Gasteiger partial charge in [0.25, 0.3) is 0 Å². The summed E-state index contributed by atoms with van der Waals surface area (Å²) in [4.78, 5) is 2.22. The van der Waals surface area contributed by atoms with Crippen LogP contribution in [0.4, 0.5) is 36.4 Å². The van der Waals surface area contributed by atoms with Gasteiger partial charge < -0.3 is 14.5 Å². The van der Waals surface area contributed by atoms with Crippen LogP contribution >= 0.6 is 0 Å². The summed E-state index contributed by atoms with van der Waals surface area (Å²) in [6, 6.07) is 9.12. The van der Waals surface area contributed by atoms with E-state index in [1.165, 1.54) is 41.5 Å². The van der Waals surface area contributed by atoms with Gasteiger partial charge >= 0.3 is 12.4 Å². The molecular formula is C21H16F7N3O. The summed E-state index contributed by atoms with van der Waals surface area (Å²) in [6.45, 7) is -1.94. The second kappa shape index (κ2) is 8.61. The van der Waals surface area contributed by atoms with Crippen molar-refractivity contribution in [2.45, 2.75) is 18.6 Å². The Hall–Kier alpha value is -3.42. The molecule has 0 amide bonds. The van der Waals surface area contributed by atoms with Crippen molar-refractivity contribution in [1.82, 2.24) is 4.90 Å². The molecule has 0 fully saturated rings. The summed E-state index contributed by atoms with van der Waals surface area (Å²) < 4.78 is 98.1. The number of alkyl halides is 6. The number of benzene rings is 2. The van der Waals surface area contributed by atoms with Crippen LogP contribution in [-0.4, -0.2) is 31.2 Å². The van der Waals surface area contributed by atoms with Gasteiger partial charge in [0.2, 0.25) is 0 Å². The lowest BCUT2D eigenvalue weighted by Crippen LogP contribution is -2.38. The minimum absolute atomic E-state index is 0.265. The molecule has 32 heavy (non-hydrogen) atoms. The summed E-state index contributed by atoms with van der Waals surface area (Å²) in [5.41, 5.74) is -1.56. The summed E-state index contributed by atoms with van der Waals surface area (Å²) in [6.07, 6.45) is -9.14. The molecule has 11 heteroatoms. The van der Waals surface area contributed by atoms with Gasteiger partial charge in [-0.3, -0.25) is 0 Å². The molecule has 0 saturated heterocycles. The summed E-state index contributed by atoms with van der Waals surface area (Å²) in [5, 5.41) is 8.92.